The Morgan fingerprint density at radius 1 is 0.880 bits per heavy atom. The van der Waals surface area contributed by atoms with Crippen LogP contribution in [-0.4, -0.2) is 29.3 Å². The minimum atomic E-state index is -4.54. The lowest BCUT2D eigenvalue weighted by molar-refractivity contribution is 0.0763. The van der Waals surface area contributed by atoms with Gasteiger partial charge in [-0.2, -0.15) is 8.42 Å². The summed E-state index contributed by atoms with van der Waals surface area (Å²) in [4.78, 5) is 25.6. The number of carbonyl (C=O) groups is 2. The van der Waals surface area contributed by atoms with Gasteiger partial charge in [0, 0.05) is 11.1 Å². The number of amides is 1. The first-order valence-corrected chi connectivity index (χ1v) is 9.25. The fourth-order valence-corrected chi connectivity index (χ4v) is 4.21. The van der Waals surface area contributed by atoms with Crippen LogP contribution in [0.4, 0.5) is 0 Å². The maximum atomic E-state index is 13.0. The largest absolute Gasteiger partial charge is 0.305 e. The van der Waals surface area contributed by atoms with Gasteiger partial charge in [0.1, 0.15) is 0 Å². The average molecular weight is 359 g/mol. The predicted octanol–water partition coefficient (Wildman–Crippen LogP) is 3.41. The molecule has 0 aliphatic carbocycles. The summed E-state index contributed by atoms with van der Waals surface area (Å²) in [6.45, 7) is 6.40. The number of carbonyl (C=O) groups excluding carboxylic acids is 2. The number of hydrogen-bond donors (Lipinski definition) is 0. The molecule has 2 aromatic carbocycles. The number of aryl methyl sites for hydroxylation is 1. The minimum Gasteiger partial charge on any atom is -0.274 e. The van der Waals surface area contributed by atoms with E-state index in [1.54, 1.807) is 64.1 Å². The summed E-state index contributed by atoms with van der Waals surface area (Å²) in [6, 6.07) is 14.5. The molecular formula is C19H21NO4S. The highest BCUT2D eigenvalue weighted by atomic mass is 32.2. The van der Waals surface area contributed by atoms with Crippen molar-refractivity contribution in [2.24, 2.45) is 0 Å². The van der Waals surface area contributed by atoms with E-state index in [2.05, 4.69) is 0 Å². The van der Waals surface area contributed by atoms with Crippen molar-refractivity contribution in [3.05, 3.63) is 71.3 Å². The zero-order valence-corrected chi connectivity index (χ0v) is 15.5. The summed E-state index contributed by atoms with van der Waals surface area (Å²) in [5.74, 6) is -0.727. The van der Waals surface area contributed by atoms with E-state index in [1.165, 1.54) is 18.2 Å². The fraction of sp³-hybridized carbons (Fsp3) is 0.263. The molecule has 132 valence electrons. The zero-order valence-electron chi connectivity index (χ0n) is 14.7. The molecule has 0 atom stereocenters. The van der Waals surface area contributed by atoms with E-state index < -0.39 is 26.6 Å². The van der Waals surface area contributed by atoms with Gasteiger partial charge in [0.25, 0.3) is 11.0 Å². The van der Waals surface area contributed by atoms with Gasteiger partial charge in [-0.3, -0.25) is 9.59 Å². The molecule has 0 radical (unpaired) electrons. The van der Waals surface area contributed by atoms with E-state index >= 15 is 0 Å². The van der Waals surface area contributed by atoms with Gasteiger partial charge in [0.15, 0.2) is 0 Å². The van der Waals surface area contributed by atoms with Crippen molar-refractivity contribution in [1.82, 2.24) is 4.31 Å². The predicted molar refractivity (Wildman–Crippen MR) is 96.8 cm³/mol. The SMILES string of the molecule is Cc1ccccc1C(=O)S(=O)(=O)N(C(=O)c1ccccc1)C(C)(C)C. The van der Waals surface area contributed by atoms with Gasteiger partial charge in [-0.15, -0.1) is 0 Å². The molecule has 0 heterocycles. The normalized spacial score (nSPS) is 11.8. The molecule has 1 amide bonds. The van der Waals surface area contributed by atoms with Crippen molar-refractivity contribution in [1.29, 1.82) is 0 Å². The van der Waals surface area contributed by atoms with E-state index in [9.17, 15) is 18.0 Å². The highest BCUT2D eigenvalue weighted by Gasteiger charge is 2.42. The van der Waals surface area contributed by atoms with E-state index in [-0.39, 0.29) is 11.1 Å². The van der Waals surface area contributed by atoms with E-state index in [0.717, 1.165) is 0 Å². The van der Waals surface area contributed by atoms with Crippen LogP contribution < -0.4 is 0 Å². The van der Waals surface area contributed by atoms with Crippen LogP contribution in [0.25, 0.3) is 0 Å². The number of hydrogen-bond acceptors (Lipinski definition) is 4. The second-order valence-electron chi connectivity index (χ2n) is 6.71. The van der Waals surface area contributed by atoms with Crippen molar-refractivity contribution in [2.45, 2.75) is 33.2 Å². The lowest BCUT2D eigenvalue weighted by Crippen LogP contribution is -2.51. The van der Waals surface area contributed by atoms with Crippen LogP contribution in [0.3, 0.4) is 0 Å². The first-order chi connectivity index (χ1) is 11.6. The Morgan fingerprint density at radius 3 is 1.92 bits per heavy atom. The van der Waals surface area contributed by atoms with Crippen LogP contribution in [0.1, 0.15) is 47.1 Å². The monoisotopic (exact) mass is 359 g/mol. The highest BCUT2D eigenvalue weighted by molar-refractivity contribution is 8.05. The Bertz CT molecular complexity index is 897. The maximum absolute atomic E-state index is 13.0. The molecule has 0 fully saturated rings. The summed E-state index contributed by atoms with van der Waals surface area (Å²) in [6.07, 6.45) is 0. The average Bonchev–Trinajstić information content (AvgIpc) is 2.54. The van der Waals surface area contributed by atoms with Crippen LogP contribution in [0.15, 0.2) is 54.6 Å². The molecule has 6 heteroatoms. The summed E-state index contributed by atoms with van der Waals surface area (Å²) < 4.78 is 26.7. The summed E-state index contributed by atoms with van der Waals surface area (Å²) in [5, 5.41) is -1.08. The summed E-state index contributed by atoms with van der Waals surface area (Å²) >= 11 is 0. The number of rotatable bonds is 2. The van der Waals surface area contributed by atoms with Gasteiger partial charge in [-0.25, -0.2) is 4.31 Å². The highest BCUT2D eigenvalue weighted by Crippen LogP contribution is 2.25. The lowest BCUT2D eigenvalue weighted by Gasteiger charge is -2.34. The lowest BCUT2D eigenvalue weighted by atomic mass is 10.1. The Morgan fingerprint density at radius 2 is 1.40 bits per heavy atom. The second-order valence-corrected chi connectivity index (χ2v) is 8.40. The third kappa shape index (κ3) is 3.79. The van der Waals surface area contributed by atoms with E-state index in [0.29, 0.717) is 9.87 Å². The Labute approximate surface area is 148 Å². The van der Waals surface area contributed by atoms with Gasteiger partial charge < -0.3 is 0 Å². The molecule has 0 bridgehead atoms. The standard InChI is InChI=1S/C19H21NO4S/c1-14-10-8-9-13-16(14)18(22)25(23,24)20(19(2,3)4)17(21)15-11-6-5-7-12-15/h5-13H,1-4H3. The molecule has 0 aliphatic heterocycles. The molecule has 2 rings (SSSR count). The molecule has 25 heavy (non-hydrogen) atoms. The van der Waals surface area contributed by atoms with Gasteiger partial charge in [0.05, 0.1) is 5.54 Å². The minimum absolute atomic E-state index is 0.0672. The molecule has 5 nitrogen and oxygen atoms in total. The molecule has 0 saturated carbocycles. The summed E-state index contributed by atoms with van der Waals surface area (Å²) in [7, 11) is -4.54. The van der Waals surface area contributed by atoms with Crippen LogP contribution in [0, 0.1) is 6.92 Å². The molecule has 0 saturated heterocycles. The van der Waals surface area contributed by atoms with Crippen molar-refractivity contribution in [3.8, 4) is 0 Å². The Balaban J connectivity index is 2.56. The van der Waals surface area contributed by atoms with Crippen molar-refractivity contribution in [2.75, 3.05) is 0 Å². The quantitative estimate of drug-likeness (QED) is 0.824. The molecule has 0 N–H and O–H groups in total. The molecule has 2 aromatic rings. The van der Waals surface area contributed by atoms with Crippen molar-refractivity contribution >= 4 is 21.0 Å². The second kappa shape index (κ2) is 6.80. The Hall–Kier alpha value is -2.47. The van der Waals surface area contributed by atoms with Crippen LogP contribution in [-0.2, 0) is 10.0 Å². The smallest absolute Gasteiger partial charge is 0.274 e. The zero-order chi connectivity index (χ0) is 18.8. The van der Waals surface area contributed by atoms with Crippen LogP contribution in [0.2, 0.25) is 0 Å². The van der Waals surface area contributed by atoms with Crippen molar-refractivity contribution < 1.29 is 18.0 Å². The molecule has 0 spiro atoms. The first kappa shape index (κ1) is 18.9. The first-order valence-electron chi connectivity index (χ1n) is 7.81. The number of nitrogens with zero attached hydrogens (tertiary/aromatic N) is 1. The molecule has 0 aliphatic rings. The number of benzene rings is 2. The summed E-state index contributed by atoms with van der Waals surface area (Å²) in [5.41, 5.74) is -0.280. The number of sulfonamides is 1. The van der Waals surface area contributed by atoms with E-state index in [4.69, 9.17) is 0 Å². The topological polar surface area (TPSA) is 71.5 Å². The fourth-order valence-electron chi connectivity index (χ4n) is 2.50. The van der Waals surface area contributed by atoms with Gasteiger partial charge in [-0.1, -0.05) is 36.4 Å². The molecule has 0 unspecified atom stereocenters. The van der Waals surface area contributed by atoms with Crippen molar-refractivity contribution in [3.63, 3.8) is 0 Å². The maximum Gasteiger partial charge on any atom is 0.305 e. The van der Waals surface area contributed by atoms with Gasteiger partial charge >= 0.3 is 10.0 Å². The van der Waals surface area contributed by atoms with Crippen LogP contribution in [0.5, 0.6) is 0 Å². The molecular weight excluding hydrogens is 338 g/mol. The van der Waals surface area contributed by atoms with Crippen LogP contribution >= 0.6 is 0 Å². The molecule has 0 aromatic heterocycles. The van der Waals surface area contributed by atoms with Gasteiger partial charge in [-0.05, 0) is 51.5 Å². The Kier molecular flexibility index (Phi) is 5.13. The van der Waals surface area contributed by atoms with Gasteiger partial charge in [0.2, 0.25) is 0 Å². The third-order valence-corrected chi connectivity index (χ3v) is 5.54. The van der Waals surface area contributed by atoms with E-state index in [1.807, 2.05) is 0 Å². The third-order valence-electron chi connectivity index (χ3n) is 3.65.